The Morgan fingerprint density at radius 2 is 1.61 bits per heavy atom. The van der Waals surface area contributed by atoms with E-state index in [1.54, 1.807) is 13.8 Å². The number of phenols is 1. The second-order valence-corrected chi connectivity index (χ2v) is 5.51. The van der Waals surface area contributed by atoms with Gasteiger partial charge < -0.3 is 24.6 Å². The molecule has 0 aromatic heterocycles. The van der Waals surface area contributed by atoms with Crippen LogP contribution in [-0.2, 0) is 0 Å². The van der Waals surface area contributed by atoms with Crippen LogP contribution >= 0.6 is 0 Å². The quantitative estimate of drug-likeness (QED) is 0.380. The van der Waals surface area contributed by atoms with Gasteiger partial charge in [-0.1, -0.05) is 0 Å². The van der Waals surface area contributed by atoms with Crippen LogP contribution in [0.5, 0.6) is 23.0 Å². The van der Waals surface area contributed by atoms with Crippen LogP contribution in [0, 0.1) is 10.1 Å². The fraction of sp³-hybridized carbons (Fsp3) is 0.316. The Labute approximate surface area is 162 Å². The molecular formula is C19H22N2O7. The number of nitro benzene ring substituents is 1. The Hall–Kier alpha value is -3.49. The van der Waals surface area contributed by atoms with Crippen molar-refractivity contribution in [1.82, 2.24) is 0 Å². The Morgan fingerprint density at radius 3 is 2.11 bits per heavy atom. The zero-order valence-electron chi connectivity index (χ0n) is 15.9. The third-order valence-corrected chi connectivity index (χ3v) is 3.61. The number of hydrogen-bond donors (Lipinski definition) is 2. The molecule has 0 aliphatic carbocycles. The summed E-state index contributed by atoms with van der Waals surface area (Å²) in [6.07, 6.45) is 0. The molecule has 0 bridgehead atoms. The van der Waals surface area contributed by atoms with E-state index in [9.17, 15) is 20.0 Å². The van der Waals surface area contributed by atoms with Gasteiger partial charge in [-0.25, -0.2) is 0 Å². The molecular weight excluding hydrogens is 368 g/mol. The molecule has 9 heteroatoms. The summed E-state index contributed by atoms with van der Waals surface area (Å²) in [4.78, 5) is 23.0. The average Bonchev–Trinajstić information content (AvgIpc) is 2.66. The summed E-state index contributed by atoms with van der Waals surface area (Å²) in [6, 6.07) is 6.33. The van der Waals surface area contributed by atoms with E-state index < -0.39 is 10.8 Å². The predicted octanol–water partition coefficient (Wildman–Crippen LogP) is 3.75. The van der Waals surface area contributed by atoms with Gasteiger partial charge in [0.2, 0.25) is 5.75 Å². The summed E-state index contributed by atoms with van der Waals surface area (Å²) in [5, 5.41) is 23.3. The van der Waals surface area contributed by atoms with Crippen LogP contribution in [0.25, 0.3) is 0 Å². The van der Waals surface area contributed by atoms with Crippen molar-refractivity contribution in [3.63, 3.8) is 0 Å². The van der Waals surface area contributed by atoms with Gasteiger partial charge in [-0.3, -0.25) is 14.9 Å². The van der Waals surface area contributed by atoms with Crippen molar-refractivity contribution >= 4 is 17.3 Å². The molecule has 0 atom stereocenters. The molecule has 0 fully saturated rings. The zero-order valence-corrected chi connectivity index (χ0v) is 15.9. The number of nitrogens with zero attached hydrogens (tertiary/aromatic N) is 1. The van der Waals surface area contributed by atoms with Gasteiger partial charge in [0.25, 0.3) is 11.6 Å². The fourth-order valence-electron chi connectivity index (χ4n) is 2.45. The Balaban J connectivity index is 2.42. The van der Waals surface area contributed by atoms with E-state index in [4.69, 9.17) is 14.2 Å². The number of rotatable bonds is 9. The van der Waals surface area contributed by atoms with Gasteiger partial charge in [0, 0.05) is 17.7 Å². The van der Waals surface area contributed by atoms with E-state index in [-0.39, 0.29) is 22.7 Å². The van der Waals surface area contributed by atoms with E-state index >= 15 is 0 Å². The first-order chi connectivity index (χ1) is 13.4. The lowest BCUT2D eigenvalue weighted by molar-refractivity contribution is -0.384. The SMILES string of the molecule is CCOc1cc(C(=O)Nc2cc([N+](=O)[O-])ccc2O)cc(OCC)c1OCC. The van der Waals surface area contributed by atoms with Crippen LogP contribution < -0.4 is 19.5 Å². The maximum atomic E-state index is 12.7. The summed E-state index contributed by atoms with van der Waals surface area (Å²) >= 11 is 0. The second-order valence-electron chi connectivity index (χ2n) is 5.51. The van der Waals surface area contributed by atoms with Gasteiger partial charge >= 0.3 is 0 Å². The molecule has 1 amide bonds. The number of amides is 1. The number of carbonyl (C=O) groups excluding carboxylic acids is 1. The molecule has 9 nitrogen and oxygen atoms in total. The van der Waals surface area contributed by atoms with Gasteiger partial charge in [0.05, 0.1) is 30.4 Å². The minimum Gasteiger partial charge on any atom is -0.506 e. The summed E-state index contributed by atoms with van der Waals surface area (Å²) < 4.78 is 16.7. The highest BCUT2D eigenvalue weighted by atomic mass is 16.6. The van der Waals surface area contributed by atoms with Crippen LogP contribution in [0.1, 0.15) is 31.1 Å². The molecule has 0 heterocycles. The first-order valence-corrected chi connectivity index (χ1v) is 8.76. The van der Waals surface area contributed by atoms with Crippen molar-refractivity contribution in [2.75, 3.05) is 25.1 Å². The maximum Gasteiger partial charge on any atom is 0.271 e. The van der Waals surface area contributed by atoms with Crippen molar-refractivity contribution in [2.45, 2.75) is 20.8 Å². The smallest absolute Gasteiger partial charge is 0.271 e. The lowest BCUT2D eigenvalue weighted by Gasteiger charge is -2.17. The first kappa shape index (κ1) is 20.8. The number of nitro groups is 1. The normalized spacial score (nSPS) is 10.2. The van der Waals surface area contributed by atoms with E-state index in [1.807, 2.05) is 6.92 Å². The van der Waals surface area contributed by atoms with Crippen molar-refractivity contribution in [1.29, 1.82) is 0 Å². The fourth-order valence-corrected chi connectivity index (χ4v) is 2.45. The van der Waals surface area contributed by atoms with E-state index in [1.165, 1.54) is 12.1 Å². The van der Waals surface area contributed by atoms with Crippen molar-refractivity contribution in [3.05, 3.63) is 46.0 Å². The number of ether oxygens (including phenoxy) is 3. The van der Waals surface area contributed by atoms with E-state index in [2.05, 4.69) is 5.32 Å². The molecule has 0 saturated carbocycles. The summed E-state index contributed by atoms with van der Waals surface area (Å²) in [5.41, 5.74) is -0.157. The number of phenolic OH excluding ortho intramolecular Hbond substituents is 1. The van der Waals surface area contributed by atoms with E-state index in [0.29, 0.717) is 37.1 Å². The van der Waals surface area contributed by atoms with Gasteiger partial charge in [0.1, 0.15) is 5.75 Å². The summed E-state index contributed by atoms with van der Waals surface area (Å²) in [7, 11) is 0. The Kier molecular flexibility index (Phi) is 7.02. The molecule has 2 aromatic carbocycles. The zero-order chi connectivity index (χ0) is 20.7. The standard InChI is InChI=1S/C19H22N2O7/c1-4-26-16-9-12(10-17(27-5-2)18(16)28-6-3)19(23)20-14-11-13(21(24)25)7-8-15(14)22/h7-11,22H,4-6H2,1-3H3,(H,20,23). The highest BCUT2D eigenvalue weighted by molar-refractivity contribution is 6.06. The van der Waals surface area contributed by atoms with Crippen LogP contribution in [0.3, 0.4) is 0 Å². The second kappa shape index (κ2) is 9.45. The molecule has 2 aromatic rings. The number of non-ortho nitro benzene ring substituents is 1. The monoisotopic (exact) mass is 390 g/mol. The topological polar surface area (TPSA) is 120 Å². The summed E-state index contributed by atoms with van der Waals surface area (Å²) in [5.74, 6) is 0.175. The molecule has 0 aliphatic heterocycles. The molecule has 0 unspecified atom stereocenters. The summed E-state index contributed by atoms with van der Waals surface area (Å²) in [6.45, 7) is 6.49. The number of benzene rings is 2. The highest BCUT2D eigenvalue weighted by Gasteiger charge is 2.20. The highest BCUT2D eigenvalue weighted by Crippen LogP contribution is 2.39. The van der Waals surface area contributed by atoms with Crippen LogP contribution in [0.15, 0.2) is 30.3 Å². The average molecular weight is 390 g/mol. The van der Waals surface area contributed by atoms with Crippen molar-refractivity contribution in [3.8, 4) is 23.0 Å². The van der Waals surface area contributed by atoms with Gasteiger partial charge in [-0.2, -0.15) is 0 Å². The number of carbonyl (C=O) groups is 1. The Morgan fingerprint density at radius 1 is 1.04 bits per heavy atom. The third kappa shape index (κ3) is 4.81. The third-order valence-electron chi connectivity index (χ3n) is 3.61. The molecule has 2 N–H and O–H groups in total. The molecule has 0 aliphatic rings. The molecule has 28 heavy (non-hydrogen) atoms. The molecule has 2 rings (SSSR count). The van der Waals surface area contributed by atoms with Crippen molar-refractivity contribution < 1.29 is 29.0 Å². The Bertz CT molecular complexity index is 840. The molecule has 0 radical (unpaired) electrons. The van der Waals surface area contributed by atoms with Gasteiger partial charge in [-0.15, -0.1) is 0 Å². The maximum absolute atomic E-state index is 12.7. The lowest BCUT2D eigenvalue weighted by Crippen LogP contribution is -2.13. The number of anilines is 1. The largest absolute Gasteiger partial charge is 0.506 e. The van der Waals surface area contributed by atoms with Gasteiger partial charge in [0.15, 0.2) is 11.5 Å². The van der Waals surface area contributed by atoms with Gasteiger partial charge in [-0.05, 0) is 39.0 Å². The van der Waals surface area contributed by atoms with Crippen LogP contribution in [-0.4, -0.2) is 35.8 Å². The molecule has 0 spiro atoms. The molecule has 0 saturated heterocycles. The van der Waals surface area contributed by atoms with Crippen LogP contribution in [0.4, 0.5) is 11.4 Å². The minimum absolute atomic E-state index is 0.0796. The number of aromatic hydroxyl groups is 1. The first-order valence-electron chi connectivity index (χ1n) is 8.76. The number of nitrogens with one attached hydrogen (secondary N) is 1. The van der Waals surface area contributed by atoms with E-state index in [0.717, 1.165) is 18.2 Å². The van der Waals surface area contributed by atoms with Crippen LogP contribution in [0.2, 0.25) is 0 Å². The number of hydrogen-bond acceptors (Lipinski definition) is 7. The lowest BCUT2D eigenvalue weighted by atomic mass is 10.1. The minimum atomic E-state index is -0.619. The molecule has 150 valence electrons. The predicted molar refractivity (Wildman–Crippen MR) is 103 cm³/mol. The van der Waals surface area contributed by atoms with Crippen molar-refractivity contribution in [2.24, 2.45) is 0 Å².